The molecule has 0 aromatic rings. The van der Waals surface area contributed by atoms with Crippen molar-refractivity contribution in [3.63, 3.8) is 0 Å². The lowest BCUT2D eigenvalue weighted by atomic mass is 9.69. The maximum Gasteiger partial charge on any atom is 0.198 e. The highest BCUT2D eigenvalue weighted by molar-refractivity contribution is 5.98. The van der Waals surface area contributed by atoms with Crippen molar-refractivity contribution in [2.24, 2.45) is 10.8 Å². The minimum Gasteiger partial charge on any atom is -0.490 e. The molecule has 0 saturated carbocycles. The summed E-state index contributed by atoms with van der Waals surface area (Å²) in [5, 5.41) is 0. The van der Waals surface area contributed by atoms with Crippen LogP contribution >= 0.6 is 0 Å². The summed E-state index contributed by atoms with van der Waals surface area (Å²) >= 11 is 0. The summed E-state index contributed by atoms with van der Waals surface area (Å²) in [5.74, 6) is 0.865. The van der Waals surface area contributed by atoms with Gasteiger partial charge >= 0.3 is 0 Å². The van der Waals surface area contributed by atoms with Crippen LogP contribution in [0.15, 0.2) is 11.3 Å². The monoisotopic (exact) mass is 194 g/mol. The number of allylic oxidation sites excluding steroid dienone is 2. The van der Waals surface area contributed by atoms with E-state index in [1.807, 2.05) is 0 Å². The van der Waals surface area contributed by atoms with E-state index in [0.717, 1.165) is 6.42 Å². The quantitative estimate of drug-likeness (QED) is 0.592. The number of ketones is 1. The molecule has 2 rings (SSSR count). The summed E-state index contributed by atoms with van der Waals surface area (Å²) in [4.78, 5) is 11.7. The molecule has 2 nitrogen and oxygen atoms in total. The molecule has 0 aromatic heterocycles. The number of Topliss-reactive ketones (excluding diaryl/α,β-unsaturated/α-hetero) is 1. The van der Waals surface area contributed by atoms with Crippen molar-refractivity contribution in [2.45, 2.75) is 40.5 Å². The van der Waals surface area contributed by atoms with E-state index < -0.39 is 0 Å². The van der Waals surface area contributed by atoms with Gasteiger partial charge in [0, 0.05) is 6.42 Å². The molecular formula is C12H18O2. The fraction of sp³-hybridized carbons (Fsp3) is 0.750. The van der Waals surface area contributed by atoms with Crippen LogP contribution in [0.5, 0.6) is 0 Å². The normalized spacial score (nSPS) is 28.7. The van der Waals surface area contributed by atoms with Gasteiger partial charge in [-0.25, -0.2) is 0 Å². The molecule has 0 aromatic carbocycles. The first-order valence-corrected chi connectivity index (χ1v) is 5.26. The van der Waals surface area contributed by atoms with Crippen LogP contribution < -0.4 is 0 Å². The SMILES string of the molecule is CC1(C)CCOC2=C1C(C)(C)CC2=O. The summed E-state index contributed by atoms with van der Waals surface area (Å²) < 4.78 is 5.52. The Morgan fingerprint density at radius 3 is 2.36 bits per heavy atom. The molecule has 0 unspecified atom stereocenters. The van der Waals surface area contributed by atoms with E-state index in [2.05, 4.69) is 27.7 Å². The van der Waals surface area contributed by atoms with Crippen LogP contribution in [0.2, 0.25) is 0 Å². The van der Waals surface area contributed by atoms with Crippen molar-refractivity contribution in [2.75, 3.05) is 6.61 Å². The first-order valence-electron chi connectivity index (χ1n) is 5.26. The number of ether oxygens (including phenoxy) is 1. The Labute approximate surface area is 85.3 Å². The summed E-state index contributed by atoms with van der Waals surface area (Å²) in [6.45, 7) is 9.40. The van der Waals surface area contributed by atoms with Gasteiger partial charge in [-0.05, 0) is 22.8 Å². The molecule has 0 N–H and O–H groups in total. The molecule has 2 aliphatic rings. The molecule has 0 radical (unpaired) electrons. The lowest BCUT2D eigenvalue weighted by molar-refractivity contribution is -0.119. The molecule has 0 bridgehead atoms. The van der Waals surface area contributed by atoms with Gasteiger partial charge in [-0.3, -0.25) is 4.79 Å². The highest BCUT2D eigenvalue weighted by atomic mass is 16.5. The van der Waals surface area contributed by atoms with Crippen LogP contribution in [0, 0.1) is 10.8 Å². The molecule has 1 aliphatic heterocycles. The van der Waals surface area contributed by atoms with E-state index in [1.54, 1.807) is 0 Å². The molecule has 1 heterocycles. The lowest BCUT2D eigenvalue weighted by Crippen LogP contribution is -2.29. The summed E-state index contributed by atoms with van der Waals surface area (Å²) in [6, 6.07) is 0. The van der Waals surface area contributed by atoms with E-state index in [1.165, 1.54) is 5.57 Å². The van der Waals surface area contributed by atoms with Crippen LogP contribution in [0.1, 0.15) is 40.5 Å². The fourth-order valence-electron chi connectivity index (χ4n) is 2.93. The van der Waals surface area contributed by atoms with Crippen LogP contribution in [0.3, 0.4) is 0 Å². The number of hydrogen-bond donors (Lipinski definition) is 0. The van der Waals surface area contributed by atoms with Crippen LogP contribution in [-0.2, 0) is 9.53 Å². The lowest BCUT2D eigenvalue weighted by Gasteiger charge is -2.37. The Hall–Kier alpha value is -0.790. The molecule has 0 saturated heterocycles. The fourth-order valence-corrected chi connectivity index (χ4v) is 2.93. The molecule has 2 heteroatoms. The second-order valence-corrected chi connectivity index (χ2v) is 5.67. The smallest absolute Gasteiger partial charge is 0.198 e. The van der Waals surface area contributed by atoms with E-state index in [9.17, 15) is 4.79 Å². The zero-order valence-electron chi connectivity index (χ0n) is 9.44. The summed E-state index contributed by atoms with van der Waals surface area (Å²) in [6.07, 6.45) is 1.63. The number of rotatable bonds is 0. The predicted octanol–water partition coefficient (Wildman–Crippen LogP) is 2.69. The van der Waals surface area contributed by atoms with Crippen molar-refractivity contribution in [1.29, 1.82) is 0 Å². The van der Waals surface area contributed by atoms with Crippen LogP contribution in [-0.4, -0.2) is 12.4 Å². The zero-order chi connectivity index (χ0) is 10.6. The van der Waals surface area contributed by atoms with E-state index in [-0.39, 0.29) is 16.6 Å². The largest absolute Gasteiger partial charge is 0.490 e. The topological polar surface area (TPSA) is 26.3 Å². The van der Waals surface area contributed by atoms with Gasteiger partial charge < -0.3 is 4.74 Å². The Bertz CT molecular complexity index is 321. The average molecular weight is 194 g/mol. The Kier molecular flexibility index (Phi) is 1.82. The number of hydrogen-bond acceptors (Lipinski definition) is 2. The minimum atomic E-state index is -0.00363. The maximum absolute atomic E-state index is 11.7. The average Bonchev–Trinajstić information content (AvgIpc) is 2.22. The van der Waals surface area contributed by atoms with Crippen molar-refractivity contribution < 1.29 is 9.53 Å². The van der Waals surface area contributed by atoms with Crippen molar-refractivity contribution in [1.82, 2.24) is 0 Å². The molecule has 78 valence electrons. The third-order valence-corrected chi connectivity index (χ3v) is 3.41. The van der Waals surface area contributed by atoms with Gasteiger partial charge in [0.2, 0.25) is 0 Å². The third-order valence-electron chi connectivity index (χ3n) is 3.41. The standard InChI is InChI=1S/C12H18O2/c1-11(2)5-6-14-9-8(13)7-12(3,4)10(9)11/h5-7H2,1-4H3. The Morgan fingerprint density at radius 2 is 1.79 bits per heavy atom. The molecule has 0 spiro atoms. The highest BCUT2D eigenvalue weighted by Gasteiger charge is 2.48. The van der Waals surface area contributed by atoms with Gasteiger partial charge in [0.1, 0.15) is 0 Å². The van der Waals surface area contributed by atoms with Gasteiger partial charge in [0.25, 0.3) is 0 Å². The third kappa shape index (κ3) is 1.20. The van der Waals surface area contributed by atoms with E-state index in [0.29, 0.717) is 18.8 Å². The number of carbonyl (C=O) groups is 1. The molecule has 0 fully saturated rings. The summed E-state index contributed by atoms with van der Waals surface area (Å²) in [7, 11) is 0. The molecule has 14 heavy (non-hydrogen) atoms. The van der Waals surface area contributed by atoms with Gasteiger partial charge in [-0.1, -0.05) is 27.7 Å². The van der Waals surface area contributed by atoms with Gasteiger partial charge in [0.05, 0.1) is 6.61 Å². The first kappa shape index (κ1) is 9.75. The van der Waals surface area contributed by atoms with E-state index in [4.69, 9.17) is 4.74 Å². The summed E-state index contributed by atoms with van der Waals surface area (Å²) in [5.41, 5.74) is 1.36. The second kappa shape index (κ2) is 2.62. The second-order valence-electron chi connectivity index (χ2n) is 5.67. The van der Waals surface area contributed by atoms with Crippen molar-refractivity contribution in [3.8, 4) is 0 Å². The van der Waals surface area contributed by atoms with Gasteiger partial charge in [0.15, 0.2) is 11.5 Å². The minimum absolute atomic E-state index is 0.00363. The predicted molar refractivity (Wildman–Crippen MR) is 54.8 cm³/mol. The first-order chi connectivity index (χ1) is 6.34. The highest BCUT2D eigenvalue weighted by Crippen LogP contribution is 2.52. The Morgan fingerprint density at radius 1 is 1.14 bits per heavy atom. The van der Waals surface area contributed by atoms with Gasteiger partial charge in [-0.2, -0.15) is 0 Å². The maximum atomic E-state index is 11.7. The van der Waals surface area contributed by atoms with Crippen molar-refractivity contribution in [3.05, 3.63) is 11.3 Å². The molecule has 0 atom stereocenters. The van der Waals surface area contributed by atoms with Gasteiger partial charge in [-0.15, -0.1) is 0 Å². The zero-order valence-corrected chi connectivity index (χ0v) is 9.44. The van der Waals surface area contributed by atoms with Crippen molar-refractivity contribution >= 4 is 5.78 Å². The van der Waals surface area contributed by atoms with Crippen LogP contribution in [0.4, 0.5) is 0 Å². The Balaban J connectivity index is 2.55. The van der Waals surface area contributed by atoms with E-state index >= 15 is 0 Å². The molecule has 1 aliphatic carbocycles. The molecule has 0 amide bonds. The van der Waals surface area contributed by atoms with Crippen LogP contribution in [0.25, 0.3) is 0 Å². The molecular weight excluding hydrogens is 176 g/mol. The number of carbonyl (C=O) groups excluding carboxylic acids is 1.